The van der Waals surface area contributed by atoms with Crippen molar-refractivity contribution < 1.29 is 4.79 Å². The van der Waals surface area contributed by atoms with Crippen molar-refractivity contribution in [3.8, 4) is 0 Å². The van der Waals surface area contributed by atoms with Crippen molar-refractivity contribution in [3.63, 3.8) is 0 Å². The molecular formula is C22H22ClN3OS. The number of carbonyl (C=O) groups is 1. The zero-order valence-electron chi connectivity index (χ0n) is 15.5. The zero-order chi connectivity index (χ0) is 19.3. The smallest absolute Gasteiger partial charge is 0.252 e. The van der Waals surface area contributed by atoms with Crippen LogP contribution in [0.25, 0.3) is 10.9 Å². The fourth-order valence-electron chi connectivity index (χ4n) is 3.47. The average molecular weight is 412 g/mol. The van der Waals surface area contributed by atoms with Crippen LogP contribution in [-0.2, 0) is 0 Å². The third-order valence-electron chi connectivity index (χ3n) is 4.87. The number of hydrogen-bond acceptors (Lipinski definition) is 4. The molecule has 0 atom stereocenters. The van der Waals surface area contributed by atoms with Gasteiger partial charge in [-0.1, -0.05) is 47.6 Å². The third kappa shape index (κ3) is 4.66. The van der Waals surface area contributed by atoms with Crippen LogP contribution in [0.1, 0.15) is 23.2 Å². The van der Waals surface area contributed by atoms with E-state index in [1.807, 2.05) is 54.6 Å². The quantitative estimate of drug-likeness (QED) is 0.628. The molecule has 1 aliphatic rings. The number of nitrogens with zero attached hydrogens (tertiary/aromatic N) is 2. The topological polar surface area (TPSA) is 45.2 Å². The number of pyridine rings is 1. The fraction of sp³-hybridized carbons (Fsp3) is 0.273. The molecule has 1 fully saturated rings. The summed E-state index contributed by atoms with van der Waals surface area (Å²) in [6.45, 7) is 3.83. The van der Waals surface area contributed by atoms with Gasteiger partial charge in [-0.05, 0) is 56.3 Å². The number of rotatable bonds is 6. The second-order valence-electron chi connectivity index (χ2n) is 6.89. The first-order valence-corrected chi connectivity index (χ1v) is 10.7. The number of likely N-dealkylation sites (tertiary alicyclic amines) is 1. The van der Waals surface area contributed by atoms with Crippen LogP contribution in [0.15, 0.2) is 64.5 Å². The second-order valence-corrected chi connectivity index (χ2v) is 8.42. The number of para-hydroxylation sites is 1. The molecule has 3 aromatic rings. The van der Waals surface area contributed by atoms with E-state index in [1.165, 1.54) is 24.6 Å². The molecule has 4 rings (SSSR count). The van der Waals surface area contributed by atoms with Crippen molar-refractivity contribution in [2.75, 3.05) is 26.2 Å². The van der Waals surface area contributed by atoms with E-state index in [9.17, 15) is 4.79 Å². The molecule has 4 nitrogen and oxygen atoms in total. The number of halogens is 1. The lowest BCUT2D eigenvalue weighted by Gasteiger charge is -2.15. The molecule has 0 spiro atoms. The summed E-state index contributed by atoms with van der Waals surface area (Å²) in [5, 5.41) is 5.42. The Balaban J connectivity index is 1.56. The van der Waals surface area contributed by atoms with Crippen molar-refractivity contribution in [3.05, 3.63) is 65.2 Å². The lowest BCUT2D eigenvalue weighted by Crippen LogP contribution is -2.33. The second kappa shape index (κ2) is 8.95. The van der Waals surface area contributed by atoms with Crippen LogP contribution in [0.2, 0.25) is 5.02 Å². The van der Waals surface area contributed by atoms with Gasteiger partial charge in [0.25, 0.3) is 5.91 Å². The highest BCUT2D eigenvalue weighted by Gasteiger charge is 2.15. The van der Waals surface area contributed by atoms with Gasteiger partial charge < -0.3 is 10.2 Å². The summed E-state index contributed by atoms with van der Waals surface area (Å²) in [4.78, 5) is 21.0. The molecule has 1 N–H and O–H groups in total. The van der Waals surface area contributed by atoms with E-state index in [4.69, 9.17) is 16.6 Å². The van der Waals surface area contributed by atoms with E-state index >= 15 is 0 Å². The maximum atomic E-state index is 12.9. The molecule has 2 aromatic carbocycles. The Hall–Kier alpha value is -2.08. The minimum absolute atomic E-state index is 0.0502. The molecule has 2 heterocycles. The molecular weight excluding hydrogens is 390 g/mol. The maximum absolute atomic E-state index is 12.9. The highest BCUT2D eigenvalue weighted by atomic mass is 35.5. The number of hydrogen-bond donors (Lipinski definition) is 1. The predicted molar refractivity (Wildman–Crippen MR) is 115 cm³/mol. The normalized spacial score (nSPS) is 14.5. The molecule has 6 heteroatoms. The summed E-state index contributed by atoms with van der Waals surface area (Å²) < 4.78 is 0. The van der Waals surface area contributed by atoms with Crippen molar-refractivity contribution in [1.29, 1.82) is 0 Å². The van der Waals surface area contributed by atoms with Crippen LogP contribution in [0.4, 0.5) is 0 Å². The van der Waals surface area contributed by atoms with Gasteiger partial charge in [-0.3, -0.25) is 4.79 Å². The van der Waals surface area contributed by atoms with Gasteiger partial charge in [0.1, 0.15) is 5.03 Å². The molecule has 0 bridgehead atoms. The number of benzene rings is 2. The Morgan fingerprint density at radius 1 is 1.11 bits per heavy atom. The monoisotopic (exact) mass is 411 g/mol. The van der Waals surface area contributed by atoms with Gasteiger partial charge in [0.05, 0.1) is 11.1 Å². The molecule has 1 aromatic heterocycles. The summed E-state index contributed by atoms with van der Waals surface area (Å²) in [5.41, 5.74) is 1.48. The van der Waals surface area contributed by atoms with Gasteiger partial charge >= 0.3 is 0 Å². The van der Waals surface area contributed by atoms with E-state index in [0.717, 1.165) is 40.5 Å². The van der Waals surface area contributed by atoms with Gasteiger partial charge in [0.15, 0.2) is 0 Å². The SMILES string of the molecule is O=C(NCCN1CCCC1)c1cc(Sc2cccc(Cl)c2)nc2ccccc12. The van der Waals surface area contributed by atoms with E-state index in [-0.39, 0.29) is 5.91 Å². The average Bonchev–Trinajstić information content (AvgIpc) is 3.21. The number of aromatic nitrogens is 1. The Morgan fingerprint density at radius 3 is 2.75 bits per heavy atom. The molecule has 0 radical (unpaired) electrons. The molecule has 144 valence electrons. The highest BCUT2D eigenvalue weighted by Crippen LogP contribution is 2.31. The van der Waals surface area contributed by atoms with Crippen LogP contribution < -0.4 is 5.32 Å². The van der Waals surface area contributed by atoms with E-state index in [0.29, 0.717) is 17.1 Å². The molecule has 1 saturated heterocycles. The number of carbonyl (C=O) groups excluding carboxylic acids is 1. The minimum atomic E-state index is -0.0502. The lowest BCUT2D eigenvalue weighted by molar-refractivity contribution is 0.0951. The van der Waals surface area contributed by atoms with Crippen LogP contribution in [0.5, 0.6) is 0 Å². The van der Waals surface area contributed by atoms with Gasteiger partial charge in [0.2, 0.25) is 0 Å². The van der Waals surface area contributed by atoms with Gasteiger partial charge in [0, 0.05) is 28.4 Å². The van der Waals surface area contributed by atoms with Crippen LogP contribution in [0.3, 0.4) is 0 Å². The molecule has 0 aliphatic carbocycles. The first-order valence-electron chi connectivity index (χ1n) is 9.53. The van der Waals surface area contributed by atoms with Gasteiger partial charge in [-0.2, -0.15) is 0 Å². The first-order chi connectivity index (χ1) is 13.7. The Labute approximate surface area is 174 Å². The molecule has 0 unspecified atom stereocenters. The summed E-state index contributed by atoms with van der Waals surface area (Å²) in [5.74, 6) is -0.0502. The summed E-state index contributed by atoms with van der Waals surface area (Å²) in [7, 11) is 0. The number of fused-ring (bicyclic) bond motifs is 1. The largest absolute Gasteiger partial charge is 0.351 e. The molecule has 1 amide bonds. The summed E-state index contributed by atoms with van der Waals surface area (Å²) in [6.07, 6.45) is 2.51. The maximum Gasteiger partial charge on any atom is 0.252 e. The Kier molecular flexibility index (Phi) is 6.15. The number of amides is 1. The Morgan fingerprint density at radius 2 is 1.93 bits per heavy atom. The Bertz CT molecular complexity index is 988. The van der Waals surface area contributed by atoms with Crippen molar-refractivity contribution in [1.82, 2.24) is 15.2 Å². The molecule has 1 aliphatic heterocycles. The minimum Gasteiger partial charge on any atom is -0.351 e. The highest BCUT2D eigenvalue weighted by molar-refractivity contribution is 7.99. The summed E-state index contributed by atoms with van der Waals surface area (Å²) >= 11 is 7.61. The van der Waals surface area contributed by atoms with Crippen LogP contribution in [-0.4, -0.2) is 42.0 Å². The molecule has 28 heavy (non-hydrogen) atoms. The van der Waals surface area contributed by atoms with Crippen molar-refractivity contribution in [2.24, 2.45) is 0 Å². The first kappa shape index (κ1) is 19.2. The van der Waals surface area contributed by atoms with E-state index in [2.05, 4.69) is 10.2 Å². The van der Waals surface area contributed by atoms with E-state index < -0.39 is 0 Å². The standard InChI is InChI=1S/C22H22ClN3OS/c23-16-6-5-7-17(14-16)28-21-15-19(18-8-1-2-9-20(18)25-21)22(27)24-10-13-26-11-3-4-12-26/h1-2,5-9,14-15H,3-4,10-13H2,(H,24,27). The zero-order valence-corrected chi connectivity index (χ0v) is 17.1. The van der Waals surface area contributed by atoms with Crippen LogP contribution >= 0.6 is 23.4 Å². The van der Waals surface area contributed by atoms with Gasteiger partial charge in [-0.15, -0.1) is 0 Å². The fourth-order valence-corrected chi connectivity index (χ4v) is 4.62. The summed E-state index contributed by atoms with van der Waals surface area (Å²) in [6, 6.07) is 17.3. The molecule has 0 saturated carbocycles. The predicted octanol–water partition coefficient (Wildman–Crippen LogP) is 4.87. The third-order valence-corrected chi connectivity index (χ3v) is 6.01. The van der Waals surface area contributed by atoms with Crippen molar-refractivity contribution >= 4 is 40.2 Å². The van der Waals surface area contributed by atoms with Crippen molar-refractivity contribution in [2.45, 2.75) is 22.8 Å². The van der Waals surface area contributed by atoms with E-state index in [1.54, 1.807) is 0 Å². The van der Waals surface area contributed by atoms with Crippen LogP contribution in [0, 0.1) is 0 Å². The lowest BCUT2D eigenvalue weighted by atomic mass is 10.1. The number of nitrogens with one attached hydrogen (secondary N) is 1. The van der Waals surface area contributed by atoms with Gasteiger partial charge in [-0.25, -0.2) is 4.98 Å².